The molecular weight excluding hydrogens is 262 g/mol. The topological polar surface area (TPSA) is 30.5 Å². The van der Waals surface area contributed by atoms with Crippen molar-refractivity contribution >= 4 is 0 Å². The Bertz CT molecular complexity index is 498. The molecule has 3 rings (SSSR count). The molecule has 2 aliphatic rings. The van der Waals surface area contributed by atoms with Crippen molar-refractivity contribution in [2.75, 3.05) is 13.7 Å². The average molecular weight is 289 g/mol. The van der Waals surface area contributed by atoms with Gasteiger partial charge in [-0.1, -0.05) is 6.07 Å². The average Bonchev–Trinajstić information content (AvgIpc) is 2.45. The minimum atomic E-state index is 0.0196. The number of nitrogens with one attached hydrogen (secondary N) is 1. The Labute approximate surface area is 128 Å². The molecule has 2 unspecified atom stereocenters. The fraction of sp³-hybridized carbons (Fsp3) is 0.667. The summed E-state index contributed by atoms with van der Waals surface area (Å²) in [5.74, 6) is 0.974. The van der Waals surface area contributed by atoms with Crippen LogP contribution in [0.4, 0.5) is 0 Å². The Morgan fingerprint density at radius 1 is 1.19 bits per heavy atom. The molecule has 1 fully saturated rings. The Morgan fingerprint density at radius 3 is 2.81 bits per heavy atom. The molecule has 1 heterocycles. The predicted molar refractivity (Wildman–Crippen MR) is 85.0 cm³/mol. The van der Waals surface area contributed by atoms with Crippen LogP contribution in [0.2, 0.25) is 0 Å². The molecule has 1 aliphatic heterocycles. The highest BCUT2D eigenvalue weighted by Gasteiger charge is 2.30. The quantitative estimate of drug-likeness (QED) is 0.927. The number of benzene rings is 1. The second kappa shape index (κ2) is 5.98. The maximum atomic E-state index is 5.81. The molecule has 3 nitrogen and oxygen atoms in total. The standard InChI is InChI=1S/C18H27NO2/c1-18(2)12-16(8-9-21-18)19-15-6-4-13-5-7-17(20-3)11-14(13)10-15/h5,7,11,15-16,19H,4,6,8-10,12H2,1-3H3. The monoisotopic (exact) mass is 289 g/mol. The molecule has 0 amide bonds. The van der Waals surface area contributed by atoms with Crippen molar-refractivity contribution in [3.8, 4) is 5.75 Å². The third-order valence-electron chi connectivity index (χ3n) is 4.81. The second-order valence-electron chi connectivity index (χ2n) is 7.04. The van der Waals surface area contributed by atoms with Gasteiger partial charge >= 0.3 is 0 Å². The lowest BCUT2D eigenvalue weighted by Crippen LogP contribution is -2.48. The largest absolute Gasteiger partial charge is 0.497 e. The Hall–Kier alpha value is -1.06. The third-order valence-corrected chi connectivity index (χ3v) is 4.81. The number of aryl methyl sites for hydroxylation is 1. The van der Waals surface area contributed by atoms with E-state index in [0.717, 1.165) is 31.6 Å². The van der Waals surface area contributed by atoms with E-state index in [1.165, 1.54) is 24.0 Å². The summed E-state index contributed by atoms with van der Waals surface area (Å²) in [5.41, 5.74) is 2.96. The van der Waals surface area contributed by atoms with E-state index in [1.54, 1.807) is 7.11 Å². The number of fused-ring (bicyclic) bond motifs is 1. The van der Waals surface area contributed by atoms with Gasteiger partial charge in [-0.25, -0.2) is 0 Å². The summed E-state index contributed by atoms with van der Waals surface area (Å²) in [4.78, 5) is 0. The summed E-state index contributed by atoms with van der Waals surface area (Å²) < 4.78 is 11.2. The van der Waals surface area contributed by atoms with Crippen molar-refractivity contribution in [2.45, 2.75) is 63.6 Å². The van der Waals surface area contributed by atoms with E-state index >= 15 is 0 Å². The van der Waals surface area contributed by atoms with Gasteiger partial charge < -0.3 is 14.8 Å². The van der Waals surface area contributed by atoms with E-state index in [-0.39, 0.29) is 5.60 Å². The minimum Gasteiger partial charge on any atom is -0.497 e. The normalized spacial score (nSPS) is 28.0. The van der Waals surface area contributed by atoms with Crippen molar-refractivity contribution in [3.63, 3.8) is 0 Å². The van der Waals surface area contributed by atoms with Gasteiger partial charge in [0.25, 0.3) is 0 Å². The van der Waals surface area contributed by atoms with Crippen LogP contribution in [0.15, 0.2) is 18.2 Å². The van der Waals surface area contributed by atoms with Crippen molar-refractivity contribution in [1.82, 2.24) is 5.32 Å². The fourth-order valence-electron chi connectivity index (χ4n) is 3.71. The SMILES string of the molecule is COc1ccc2c(c1)CC(NC1CCOC(C)(C)C1)CC2. The van der Waals surface area contributed by atoms with Crippen LogP contribution < -0.4 is 10.1 Å². The highest BCUT2D eigenvalue weighted by atomic mass is 16.5. The Morgan fingerprint density at radius 2 is 2.05 bits per heavy atom. The van der Waals surface area contributed by atoms with E-state index in [1.807, 2.05) is 0 Å². The Balaban J connectivity index is 1.63. The van der Waals surface area contributed by atoms with Gasteiger partial charge in [0, 0.05) is 18.7 Å². The van der Waals surface area contributed by atoms with E-state index in [9.17, 15) is 0 Å². The molecule has 0 spiro atoms. The molecule has 3 heteroatoms. The van der Waals surface area contributed by atoms with E-state index in [2.05, 4.69) is 37.4 Å². The van der Waals surface area contributed by atoms with Gasteiger partial charge in [-0.2, -0.15) is 0 Å². The maximum Gasteiger partial charge on any atom is 0.119 e. The minimum absolute atomic E-state index is 0.0196. The van der Waals surface area contributed by atoms with E-state index < -0.39 is 0 Å². The molecule has 1 saturated heterocycles. The van der Waals surface area contributed by atoms with Gasteiger partial charge in [0.15, 0.2) is 0 Å². The van der Waals surface area contributed by atoms with Gasteiger partial charge in [-0.15, -0.1) is 0 Å². The molecule has 21 heavy (non-hydrogen) atoms. The van der Waals surface area contributed by atoms with Crippen LogP contribution in [-0.4, -0.2) is 31.4 Å². The van der Waals surface area contributed by atoms with Crippen LogP contribution in [0.3, 0.4) is 0 Å². The summed E-state index contributed by atoms with van der Waals surface area (Å²) in [6.07, 6.45) is 5.75. The molecule has 1 aliphatic carbocycles. The van der Waals surface area contributed by atoms with Crippen LogP contribution >= 0.6 is 0 Å². The molecule has 0 radical (unpaired) electrons. The zero-order valence-electron chi connectivity index (χ0n) is 13.4. The van der Waals surface area contributed by atoms with Gasteiger partial charge in [0.05, 0.1) is 12.7 Å². The maximum absolute atomic E-state index is 5.81. The smallest absolute Gasteiger partial charge is 0.119 e. The van der Waals surface area contributed by atoms with Crippen molar-refractivity contribution in [3.05, 3.63) is 29.3 Å². The zero-order valence-corrected chi connectivity index (χ0v) is 13.4. The van der Waals surface area contributed by atoms with Crippen LogP contribution in [0.5, 0.6) is 5.75 Å². The molecule has 0 aromatic heterocycles. The lowest BCUT2D eigenvalue weighted by molar-refractivity contribution is -0.0643. The first kappa shape index (κ1) is 14.9. The number of hydrogen-bond acceptors (Lipinski definition) is 3. The summed E-state index contributed by atoms with van der Waals surface area (Å²) >= 11 is 0. The molecule has 2 atom stereocenters. The van der Waals surface area contributed by atoms with Crippen molar-refractivity contribution in [2.24, 2.45) is 0 Å². The number of methoxy groups -OCH3 is 1. The van der Waals surface area contributed by atoms with Gasteiger partial charge in [0.1, 0.15) is 5.75 Å². The highest BCUT2D eigenvalue weighted by Crippen LogP contribution is 2.28. The lowest BCUT2D eigenvalue weighted by atomic mass is 9.86. The summed E-state index contributed by atoms with van der Waals surface area (Å²) in [6.45, 7) is 5.27. The third kappa shape index (κ3) is 3.58. The molecule has 1 N–H and O–H groups in total. The number of rotatable bonds is 3. The second-order valence-corrected chi connectivity index (χ2v) is 7.04. The number of ether oxygens (including phenoxy) is 2. The first-order chi connectivity index (χ1) is 10.1. The lowest BCUT2D eigenvalue weighted by Gasteiger charge is -2.38. The summed E-state index contributed by atoms with van der Waals surface area (Å²) in [7, 11) is 1.74. The Kier molecular flexibility index (Phi) is 4.23. The molecule has 0 saturated carbocycles. The summed E-state index contributed by atoms with van der Waals surface area (Å²) in [5, 5.41) is 3.87. The van der Waals surface area contributed by atoms with Gasteiger partial charge in [0.2, 0.25) is 0 Å². The molecule has 116 valence electrons. The van der Waals surface area contributed by atoms with Gasteiger partial charge in [-0.3, -0.25) is 0 Å². The fourth-order valence-corrected chi connectivity index (χ4v) is 3.71. The highest BCUT2D eigenvalue weighted by molar-refractivity contribution is 5.37. The first-order valence-corrected chi connectivity index (χ1v) is 8.11. The molecule has 1 aromatic carbocycles. The van der Waals surface area contributed by atoms with Crippen LogP contribution in [-0.2, 0) is 17.6 Å². The molecule has 0 bridgehead atoms. The number of hydrogen-bond donors (Lipinski definition) is 1. The zero-order chi connectivity index (χ0) is 14.9. The van der Waals surface area contributed by atoms with Crippen LogP contribution in [0.25, 0.3) is 0 Å². The van der Waals surface area contributed by atoms with E-state index in [0.29, 0.717) is 12.1 Å². The van der Waals surface area contributed by atoms with E-state index in [4.69, 9.17) is 9.47 Å². The molecular formula is C18H27NO2. The predicted octanol–water partition coefficient (Wildman–Crippen LogP) is 3.10. The van der Waals surface area contributed by atoms with Gasteiger partial charge in [-0.05, 0) is 69.2 Å². The van der Waals surface area contributed by atoms with Crippen molar-refractivity contribution < 1.29 is 9.47 Å². The van der Waals surface area contributed by atoms with Crippen LogP contribution in [0.1, 0.15) is 44.2 Å². The van der Waals surface area contributed by atoms with Crippen LogP contribution in [0, 0.1) is 0 Å². The van der Waals surface area contributed by atoms with Crippen molar-refractivity contribution in [1.29, 1.82) is 0 Å². The molecule has 1 aromatic rings. The first-order valence-electron chi connectivity index (χ1n) is 8.11. The summed E-state index contributed by atoms with van der Waals surface area (Å²) in [6, 6.07) is 7.68.